The molecule has 0 fully saturated rings. The van der Waals surface area contributed by atoms with Gasteiger partial charge in [0.2, 0.25) is 18.1 Å². The van der Waals surface area contributed by atoms with Crippen LogP contribution in [0.4, 0.5) is 11.4 Å². The topological polar surface area (TPSA) is 114 Å². The highest BCUT2D eigenvalue weighted by Crippen LogP contribution is 2.27. The molecule has 0 saturated carbocycles. The fraction of sp³-hybridized carbons (Fsp3) is 0.286. The van der Waals surface area contributed by atoms with Crippen LogP contribution < -0.4 is 10.2 Å². The van der Waals surface area contributed by atoms with Gasteiger partial charge in [0.15, 0.2) is 0 Å². The summed E-state index contributed by atoms with van der Waals surface area (Å²) in [6.45, 7) is 8.39. The largest absolute Gasteiger partial charge is 0.372 e. The van der Waals surface area contributed by atoms with Gasteiger partial charge in [-0.05, 0) is 44.5 Å². The van der Waals surface area contributed by atoms with Crippen molar-refractivity contribution in [3.63, 3.8) is 0 Å². The van der Waals surface area contributed by atoms with Gasteiger partial charge in [0.1, 0.15) is 17.1 Å². The number of carbonyl (C=O) groups excluding carboxylic acids is 1. The average Bonchev–Trinajstić information content (AvgIpc) is 3.34. The van der Waals surface area contributed by atoms with Gasteiger partial charge in [0.05, 0.1) is 18.4 Å². The summed E-state index contributed by atoms with van der Waals surface area (Å²) in [4.78, 5) is 32.3. The summed E-state index contributed by atoms with van der Waals surface area (Å²) in [5.74, 6) is 0.908. The van der Waals surface area contributed by atoms with Crippen molar-refractivity contribution in [3.8, 4) is 11.5 Å². The lowest BCUT2D eigenvalue weighted by Crippen LogP contribution is -2.26. The minimum Gasteiger partial charge on any atom is -0.372 e. The number of rotatable bonds is 8. The van der Waals surface area contributed by atoms with Gasteiger partial charge >= 0.3 is 0 Å². The second-order valence-corrected chi connectivity index (χ2v) is 6.89. The normalized spacial score (nSPS) is 13.8. The third kappa shape index (κ3) is 4.04. The first-order valence-electron chi connectivity index (χ1n) is 10.1. The molecule has 0 atom stereocenters. The Morgan fingerprint density at radius 1 is 1.23 bits per heavy atom. The van der Waals surface area contributed by atoms with Gasteiger partial charge in [-0.2, -0.15) is 0 Å². The van der Waals surface area contributed by atoms with Gasteiger partial charge in [0, 0.05) is 31.2 Å². The Morgan fingerprint density at radius 3 is 2.74 bits per heavy atom. The standard InChI is InChI=1S/C21H23N9O/c1-4-29(5-2)15-6-7-16(14(3)10-15)25-19-17(11-23-13-31)27-30-21(19)26-20(28-30)18-12-22-8-9-24-18/h6-10,12-13H,4-5,11H2,1-3H3,(H,23,31)/b25-19-. The summed E-state index contributed by atoms with van der Waals surface area (Å²) in [5.41, 5.74) is 4.69. The van der Waals surface area contributed by atoms with Crippen molar-refractivity contribution in [1.29, 1.82) is 0 Å². The zero-order valence-corrected chi connectivity index (χ0v) is 17.6. The molecule has 0 spiro atoms. The highest BCUT2D eigenvalue weighted by molar-refractivity contribution is 6.50. The summed E-state index contributed by atoms with van der Waals surface area (Å²) in [7, 11) is 0. The summed E-state index contributed by atoms with van der Waals surface area (Å²) < 4.78 is 0. The number of nitrogens with one attached hydrogen (secondary N) is 1. The molecular weight excluding hydrogens is 394 g/mol. The van der Waals surface area contributed by atoms with Gasteiger partial charge in [-0.1, -0.05) is 0 Å². The zero-order valence-electron chi connectivity index (χ0n) is 17.6. The maximum Gasteiger partial charge on any atom is 0.207 e. The number of amides is 1. The molecule has 1 aliphatic heterocycles. The summed E-state index contributed by atoms with van der Waals surface area (Å²) in [6, 6.07) is 6.17. The van der Waals surface area contributed by atoms with Crippen molar-refractivity contribution in [3.05, 3.63) is 48.2 Å². The third-order valence-corrected chi connectivity index (χ3v) is 4.98. The number of carbonyl (C=O) groups is 1. The van der Waals surface area contributed by atoms with Crippen molar-refractivity contribution >= 4 is 29.2 Å². The first-order chi connectivity index (χ1) is 15.1. The Bertz CT molecular complexity index is 1150. The molecule has 158 valence electrons. The molecule has 0 radical (unpaired) electrons. The molecule has 3 aromatic rings. The predicted molar refractivity (Wildman–Crippen MR) is 119 cm³/mol. The average molecular weight is 417 g/mol. The van der Waals surface area contributed by atoms with Crippen LogP contribution in [0.3, 0.4) is 0 Å². The molecule has 10 nitrogen and oxygen atoms in total. The van der Waals surface area contributed by atoms with E-state index in [0.29, 0.717) is 35.2 Å². The summed E-state index contributed by atoms with van der Waals surface area (Å²) in [5, 5.41) is 11.5. The quantitative estimate of drug-likeness (QED) is 0.561. The number of nitrogens with zero attached hydrogens (tertiary/aromatic N) is 8. The Hall–Kier alpha value is -3.95. The number of aryl methyl sites for hydroxylation is 1. The van der Waals surface area contributed by atoms with Gasteiger partial charge in [0.25, 0.3) is 0 Å². The smallest absolute Gasteiger partial charge is 0.207 e. The molecule has 0 aliphatic carbocycles. The van der Waals surface area contributed by atoms with Gasteiger partial charge in [-0.3, -0.25) is 9.78 Å². The number of benzene rings is 1. The van der Waals surface area contributed by atoms with E-state index >= 15 is 0 Å². The number of aliphatic imine (C=N–C) groups is 1. The van der Waals surface area contributed by atoms with E-state index in [1.807, 2.05) is 13.0 Å². The second-order valence-electron chi connectivity index (χ2n) is 6.89. The van der Waals surface area contributed by atoms with E-state index in [1.165, 1.54) is 4.79 Å². The lowest BCUT2D eigenvalue weighted by atomic mass is 10.1. The predicted octanol–water partition coefficient (Wildman–Crippen LogP) is 1.97. The van der Waals surface area contributed by atoms with E-state index in [9.17, 15) is 4.79 Å². The second kappa shape index (κ2) is 8.82. The number of fused-ring (bicyclic) bond motifs is 1. The third-order valence-electron chi connectivity index (χ3n) is 4.98. The number of hydrogen-bond acceptors (Lipinski definition) is 8. The van der Waals surface area contributed by atoms with E-state index in [-0.39, 0.29) is 6.54 Å². The minimum atomic E-state index is 0.227. The molecule has 2 aromatic heterocycles. The molecule has 31 heavy (non-hydrogen) atoms. The van der Waals surface area contributed by atoms with Gasteiger partial charge in [-0.25, -0.2) is 15.0 Å². The zero-order chi connectivity index (χ0) is 21.8. The van der Waals surface area contributed by atoms with Crippen LogP contribution in [0.5, 0.6) is 0 Å². The molecule has 1 aliphatic rings. The van der Waals surface area contributed by atoms with E-state index in [4.69, 9.17) is 4.99 Å². The maximum atomic E-state index is 10.8. The van der Waals surface area contributed by atoms with Crippen molar-refractivity contribution in [2.45, 2.75) is 20.8 Å². The van der Waals surface area contributed by atoms with Crippen LogP contribution in [0.2, 0.25) is 0 Å². The highest BCUT2D eigenvalue weighted by atomic mass is 16.1. The van der Waals surface area contributed by atoms with Crippen LogP contribution >= 0.6 is 0 Å². The van der Waals surface area contributed by atoms with Crippen LogP contribution in [0.25, 0.3) is 11.5 Å². The van der Waals surface area contributed by atoms with Crippen LogP contribution in [0.15, 0.2) is 46.9 Å². The SMILES string of the molecule is CCN(CC)c1ccc(/N=C2/C(CNC=O)=Nn3nc(-c4cnccn4)nc32)c(C)c1. The fourth-order valence-electron chi connectivity index (χ4n) is 3.38. The van der Waals surface area contributed by atoms with E-state index in [1.54, 1.807) is 18.6 Å². The monoisotopic (exact) mass is 417 g/mol. The molecule has 4 rings (SSSR count). The van der Waals surface area contributed by atoms with E-state index in [0.717, 1.165) is 30.0 Å². The van der Waals surface area contributed by atoms with Crippen LogP contribution in [-0.4, -0.2) is 62.3 Å². The van der Waals surface area contributed by atoms with Crippen molar-refractivity contribution in [1.82, 2.24) is 30.2 Å². The lowest BCUT2D eigenvalue weighted by molar-refractivity contribution is -0.109. The highest BCUT2D eigenvalue weighted by Gasteiger charge is 2.28. The minimum absolute atomic E-state index is 0.227. The molecule has 1 N–H and O–H groups in total. The van der Waals surface area contributed by atoms with Crippen LogP contribution in [0, 0.1) is 6.92 Å². The molecule has 10 heteroatoms. The number of hydrogen-bond donors (Lipinski definition) is 1. The molecular formula is C21H23N9O. The first kappa shape index (κ1) is 20.3. The fourth-order valence-corrected chi connectivity index (χ4v) is 3.38. The molecule has 1 aromatic carbocycles. The Labute approximate surface area is 179 Å². The lowest BCUT2D eigenvalue weighted by Gasteiger charge is -2.21. The summed E-state index contributed by atoms with van der Waals surface area (Å²) in [6.07, 6.45) is 5.40. The van der Waals surface area contributed by atoms with Crippen LogP contribution in [0.1, 0.15) is 25.2 Å². The van der Waals surface area contributed by atoms with E-state index in [2.05, 4.69) is 61.3 Å². The molecule has 0 bridgehead atoms. The van der Waals surface area contributed by atoms with Gasteiger partial charge < -0.3 is 10.2 Å². The molecule has 0 unspecified atom stereocenters. The van der Waals surface area contributed by atoms with Crippen molar-refractivity contribution in [2.24, 2.45) is 10.1 Å². The number of aromatic nitrogens is 5. The molecule has 0 saturated heterocycles. The Morgan fingerprint density at radius 2 is 2.06 bits per heavy atom. The van der Waals surface area contributed by atoms with Crippen LogP contribution in [-0.2, 0) is 4.79 Å². The Balaban J connectivity index is 1.74. The van der Waals surface area contributed by atoms with E-state index < -0.39 is 0 Å². The number of anilines is 1. The molecule has 1 amide bonds. The first-order valence-corrected chi connectivity index (χ1v) is 10.1. The van der Waals surface area contributed by atoms with Crippen molar-refractivity contribution < 1.29 is 4.79 Å². The summed E-state index contributed by atoms with van der Waals surface area (Å²) >= 11 is 0. The molecule has 3 heterocycles. The van der Waals surface area contributed by atoms with Gasteiger partial charge in [-0.15, -0.1) is 15.0 Å². The van der Waals surface area contributed by atoms with Crippen molar-refractivity contribution in [2.75, 3.05) is 24.5 Å². The maximum absolute atomic E-state index is 10.8. The Kier molecular flexibility index (Phi) is 5.78.